The van der Waals surface area contributed by atoms with E-state index in [0.717, 1.165) is 89.9 Å². The third-order valence-corrected chi connectivity index (χ3v) is 19.8. The number of phosphoric ester groups is 2. The molecule has 0 saturated heterocycles. The Kier molecular flexibility index (Phi) is 69.1. The van der Waals surface area contributed by atoms with Gasteiger partial charge in [0.1, 0.15) is 19.3 Å². The summed E-state index contributed by atoms with van der Waals surface area (Å²) in [6.07, 6.45) is 60.8. The van der Waals surface area contributed by atoms with Crippen LogP contribution in [0.2, 0.25) is 0 Å². The Balaban J connectivity index is 5.24. The highest BCUT2D eigenvalue weighted by Gasteiger charge is 2.30. The van der Waals surface area contributed by atoms with Gasteiger partial charge in [0.15, 0.2) is 12.2 Å². The molecule has 0 aromatic carbocycles. The van der Waals surface area contributed by atoms with Gasteiger partial charge in [-0.05, 0) is 25.7 Å². The Morgan fingerprint density at radius 2 is 0.421 bits per heavy atom. The molecule has 0 aliphatic heterocycles. The molecule has 0 aromatic rings. The number of carbonyl (C=O) groups excluding carboxylic acids is 4. The monoisotopic (exact) mass is 1400 g/mol. The first-order valence-corrected chi connectivity index (χ1v) is 42.8. The van der Waals surface area contributed by atoms with Crippen LogP contribution >= 0.6 is 15.6 Å². The molecule has 0 fully saturated rings. The van der Waals surface area contributed by atoms with Crippen LogP contribution in [-0.2, 0) is 65.4 Å². The van der Waals surface area contributed by atoms with Crippen LogP contribution in [0, 0.1) is 0 Å². The first kappa shape index (κ1) is 93.1. The van der Waals surface area contributed by atoms with E-state index >= 15 is 0 Å². The molecule has 95 heavy (non-hydrogen) atoms. The zero-order valence-corrected chi connectivity index (χ0v) is 63.4. The number of phosphoric acid groups is 2. The van der Waals surface area contributed by atoms with E-state index in [1.165, 1.54) is 238 Å². The van der Waals surface area contributed by atoms with E-state index in [1.54, 1.807) is 0 Å². The van der Waals surface area contributed by atoms with Gasteiger partial charge in [-0.15, -0.1) is 0 Å². The normalized spacial score (nSPS) is 13.9. The summed E-state index contributed by atoms with van der Waals surface area (Å²) < 4.78 is 68.5. The van der Waals surface area contributed by atoms with E-state index in [1.807, 2.05) is 0 Å². The third kappa shape index (κ3) is 70.3. The molecule has 0 aliphatic carbocycles. The fourth-order valence-electron chi connectivity index (χ4n) is 11.8. The molecule has 0 amide bonds. The van der Waals surface area contributed by atoms with Gasteiger partial charge in [-0.2, -0.15) is 0 Å². The highest BCUT2D eigenvalue weighted by molar-refractivity contribution is 7.47. The van der Waals surface area contributed by atoms with Crippen molar-refractivity contribution in [1.82, 2.24) is 0 Å². The van der Waals surface area contributed by atoms with Crippen molar-refractivity contribution in [3.63, 3.8) is 0 Å². The van der Waals surface area contributed by atoms with E-state index in [4.69, 9.17) is 37.0 Å². The number of aliphatic hydroxyl groups excluding tert-OH is 1. The molecule has 0 heterocycles. The number of unbranched alkanes of at least 4 members (excludes halogenated alkanes) is 51. The number of rotatable bonds is 77. The summed E-state index contributed by atoms with van der Waals surface area (Å²) in [4.78, 5) is 72.8. The third-order valence-electron chi connectivity index (χ3n) is 17.9. The highest BCUT2D eigenvalue weighted by atomic mass is 31.2. The van der Waals surface area contributed by atoms with Gasteiger partial charge in [-0.3, -0.25) is 37.3 Å². The number of hydrogen-bond donors (Lipinski definition) is 3. The van der Waals surface area contributed by atoms with Gasteiger partial charge in [0.05, 0.1) is 26.4 Å². The minimum atomic E-state index is -4.96. The fraction of sp³-hybridized carbons (Fsp3) is 0.947. The van der Waals surface area contributed by atoms with Crippen LogP contribution in [-0.4, -0.2) is 96.7 Å². The lowest BCUT2D eigenvalue weighted by Crippen LogP contribution is -2.30. The Morgan fingerprint density at radius 3 is 0.621 bits per heavy atom. The summed E-state index contributed by atoms with van der Waals surface area (Å²) in [7, 11) is -9.91. The highest BCUT2D eigenvalue weighted by Crippen LogP contribution is 2.45. The van der Waals surface area contributed by atoms with Crippen molar-refractivity contribution in [2.24, 2.45) is 0 Å². The van der Waals surface area contributed by atoms with E-state index in [0.29, 0.717) is 25.7 Å². The molecule has 0 radical (unpaired) electrons. The zero-order chi connectivity index (χ0) is 69.7. The zero-order valence-electron chi connectivity index (χ0n) is 61.6. The van der Waals surface area contributed by atoms with Crippen molar-refractivity contribution < 1.29 is 80.2 Å². The first-order valence-electron chi connectivity index (χ1n) is 39.8. The minimum absolute atomic E-state index is 0.108. The van der Waals surface area contributed by atoms with Crippen LogP contribution in [0.5, 0.6) is 0 Å². The van der Waals surface area contributed by atoms with Gasteiger partial charge in [-0.25, -0.2) is 9.13 Å². The molecule has 0 aliphatic rings. The lowest BCUT2D eigenvalue weighted by molar-refractivity contribution is -0.161. The van der Waals surface area contributed by atoms with Gasteiger partial charge in [-0.1, -0.05) is 355 Å². The standard InChI is InChI=1S/C76H148O17P2/c1-5-9-13-17-21-25-29-32-34-36-38-42-45-49-53-57-61-74(79)87-67-72(93-76(81)63-59-55-51-47-43-39-37-35-33-30-26-22-18-14-10-6-2)69-91-95(84,85)89-65-70(77)64-88-94(82,83)90-68-71(66-86-73(78)60-56-52-48-44-40-28-24-20-16-12-8-4)92-75(80)62-58-54-50-46-41-31-27-23-19-15-11-7-3/h70-72,77H,5-69H2,1-4H3,(H,82,83)(H,84,85)/t70-,71+,72+/m0/s1. The van der Waals surface area contributed by atoms with Crippen molar-refractivity contribution in [1.29, 1.82) is 0 Å². The molecular formula is C76H148O17P2. The summed E-state index contributed by atoms with van der Waals surface area (Å²) in [5.74, 6) is -2.11. The van der Waals surface area contributed by atoms with Gasteiger partial charge in [0.25, 0.3) is 0 Å². The smallest absolute Gasteiger partial charge is 0.462 e. The molecule has 0 rings (SSSR count). The maximum Gasteiger partial charge on any atom is 0.472 e. The summed E-state index contributed by atoms with van der Waals surface area (Å²) in [6, 6.07) is 0. The maximum absolute atomic E-state index is 13.1. The summed E-state index contributed by atoms with van der Waals surface area (Å²) in [5.41, 5.74) is 0. The van der Waals surface area contributed by atoms with Crippen molar-refractivity contribution >= 4 is 39.5 Å². The number of esters is 4. The number of hydrogen-bond acceptors (Lipinski definition) is 15. The van der Waals surface area contributed by atoms with Crippen LogP contribution in [0.3, 0.4) is 0 Å². The molecule has 0 saturated carbocycles. The fourth-order valence-corrected chi connectivity index (χ4v) is 13.3. The van der Waals surface area contributed by atoms with Crippen molar-refractivity contribution in [3.05, 3.63) is 0 Å². The van der Waals surface area contributed by atoms with E-state index in [2.05, 4.69) is 27.7 Å². The largest absolute Gasteiger partial charge is 0.472 e. The summed E-state index contributed by atoms with van der Waals surface area (Å²) in [5, 5.41) is 10.6. The topological polar surface area (TPSA) is 237 Å². The van der Waals surface area contributed by atoms with Crippen molar-refractivity contribution in [2.45, 2.75) is 425 Å². The Hall–Kier alpha value is -1.94. The predicted octanol–water partition coefficient (Wildman–Crippen LogP) is 22.6. The van der Waals surface area contributed by atoms with Crippen LogP contribution < -0.4 is 0 Å². The SMILES string of the molecule is CCCCCCCCCCCCCCCCCCC(=O)OC[C@H](COP(=O)(O)OC[C@@H](O)COP(=O)(O)OC[C@@H](COC(=O)CCCCCCCCCCCCC)OC(=O)CCCCCCCCCCCCCC)OC(=O)CCCCCCCCCCCCCCCCCC. The molecular weight excluding hydrogens is 1250 g/mol. The van der Waals surface area contributed by atoms with Gasteiger partial charge >= 0.3 is 39.5 Å². The second kappa shape index (κ2) is 70.5. The van der Waals surface area contributed by atoms with Gasteiger partial charge in [0, 0.05) is 25.7 Å². The van der Waals surface area contributed by atoms with E-state index in [9.17, 15) is 43.2 Å². The van der Waals surface area contributed by atoms with Crippen molar-refractivity contribution in [3.8, 4) is 0 Å². The van der Waals surface area contributed by atoms with Gasteiger partial charge in [0.2, 0.25) is 0 Å². The molecule has 5 atom stereocenters. The Morgan fingerprint density at radius 1 is 0.253 bits per heavy atom. The van der Waals surface area contributed by atoms with Crippen LogP contribution in [0.1, 0.15) is 407 Å². The average molecular weight is 1400 g/mol. The molecule has 0 spiro atoms. The number of aliphatic hydroxyl groups is 1. The van der Waals surface area contributed by atoms with Crippen LogP contribution in [0.15, 0.2) is 0 Å². The van der Waals surface area contributed by atoms with Crippen LogP contribution in [0.4, 0.5) is 0 Å². The second-order valence-corrected chi connectivity index (χ2v) is 30.3. The predicted molar refractivity (Wildman–Crippen MR) is 386 cm³/mol. The first-order chi connectivity index (χ1) is 46.2. The Bertz CT molecular complexity index is 1810. The molecule has 2 unspecified atom stereocenters. The molecule has 19 heteroatoms. The molecule has 0 aromatic heterocycles. The summed E-state index contributed by atoms with van der Waals surface area (Å²) >= 11 is 0. The molecule has 3 N–H and O–H groups in total. The minimum Gasteiger partial charge on any atom is -0.462 e. The quantitative estimate of drug-likeness (QED) is 0.0222. The van der Waals surface area contributed by atoms with E-state index < -0.39 is 97.5 Å². The van der Waals surface area contributed by atoms with Crippen LogP contribution in [0.25, 0.3) is 0 Å². The van der Waals surface area contributed by atoms with Crippen molar-refractivity contribution in [2.75, 3.05) is 39.6 Å². The Labute approximate surface area is 581 Å². The molecule has 564 valence electrons. The maximum atomic E-state index is 13.1. The van der Waals surface area contributed by atoms with Gasteiger partial charge < -0.3 is 33.8 Å². The van der Waals surface area contributed by atoms with E-state index in [-0.39, 0.29) is 25.7 Å². The number of carbonyl (C=O) groups is 4. The average Bonchev–Trinajstić information content (AvgIpc) is 1.44. The molecule has 17 nitrogen and oxygen atoms in total. The summed E-state index contributed by atoms with van der Waals surface area (Å²) in [6.45, 7) is 5.00. The second-order valence-electron chi connectivity index (χ2n) is 27.4. The molecule has 0 bridgehead atoms. The lowest BCUT2D eigenvalue weighted by Gasteiger charge is -2.21. The lowest BCUT2D eigenvalue weighted by atomic mass is 10.0. The number of ether oxygens (including phenoxy) is 4.